The summed E-state index contributed by atoms with van der Waals surface area (Å²) in [5.74, 6) is 2.09. The SMILES string of the molecule is NC1=NCc2cc3c(cc21)OCC=CCO3. The topological polar surface area (TPSA) is 56.8 Å². The Morgan fingerprint density at radius 2 is 1.75 bits per heavy atom. The molecule has 2 heterocycles. The molecule has 0 unspecified atom stereocenters. The lowest BCUT2D eigenvalue weighted by atomic mass is 10.1. The average molecular weight is 216 g/mol. The van der Waals surface area contributed by atoms with Crippen LogP contribution in [0, 0.1) is 0 Å². The van der Waals surface area contributed by atoms with E-state index in [0.717, 1.165) is 22.6 Å². The number of rotatable bonds is 0. The highest BCUT2D eigenvalue weighted by Crippen LogP contribution is 2.33. The maximum Gasteiger partial charge on any atom is 0.162 e. The van der Waals surface area contributed by atoms with Crippen LogP contribution in [-0.2, 0) is 6.54 Å². The summed E-state index contributed by atoms with van der Waals surface area (Å²) in [5.41, 5.74) is 7.86. The fraction of sp³-hybridized carbons (Fsp3) is 0.250. The van der Waals surface area contributed by atoms with Crippen molar-refractivity contribution in [2.24, 2.45) is 10.7 Å². The van der Waals surface area contributed by atoms with E-state index in [1.807, 2.05) is 24.3 Å². The fourth-order valence-corrected chi connectivity index (χ4v) is 1.86. The van der Waals surface area contributed by atoms with Gasteiger partial charge in [0.1, 0.15) is 19.0 Å². The number of hydrogen-bond donors (Lipinski definition) is 1. The van der Waals surface area contributed by atoms with Crippen molar-refractivity contribution in [3.8, 4) is 11.5 Å². The van der Waals surface area contributed by atoms with Gasteiger partial charge < -0.3 is 15.2 Å². The first-order chi connectivity index (χ1) is 7.84. The molecule has 0 aromatic heterocycles. The molecule has 2 N–H and O–H groups in total. The number of nitrogens with zero attached hydrogens (tertiary/aromatic N) is 1. The first-order valence-corrected chi connectivity index (χ1v) is 5.22. The molecule has 0 atom stereocenters. The van der Waals surface area contributed by atoms with Gasteiger partial charge >= 0.3 is 0 Å². The van der Waals surface area contributed by atoms with Crippen molar-refractivity contribution >= 4 is 5.84 Å². The van der Waals surface area contributed by atoms with Crippen LogP contribution in [0.1, 0.15) is 11.1 Å². The maximum atomic E-state index is 5.79. The zero-order valence-corrected chi connectivity index (χ0v) is 8.77. The molecule has 0 amide bonds. The maximum absolute atomic E-state index is 5.79. The summed E-state index contributed by atoms with van der Waals surface area (Å²) in [5, 5.41) is 0. The average Bonchev–Trinajstić information content (AvgIpc) is 2.60. The van der Waals surface area contributed by atoms with E-state index in [2.05, 4.69) is 4.99 Å². The summed E-state index contributed by atoms with van der Waals surface area (Å²) in [4.78, 5) is 4.19. The molecule has 0 bridgehead atoms. The quantitative estimate of drug-likeness (QED) is 0.664. The molecule has 1 aromatic carbocycles. The Morgan fingerprint density at radius 3 is 2.50 bits per heavy atom. The molecule has 3 rings (SSSR count). The lowest BCUT2D eigenvalue weighted by Crippen LogP contribution is -2.12. The Labute approximate surface area is 93.4 Å². The van der Waals surface area contributed by atoms with E-state index in [0.29, 0.717) is 25.6 Å². The van der Waals surface area contributed by atoms with Crippen LogP contribution < -0.4 is 15.2 Å². The normalized spacial score (nSPS) is 17.4. The second-order valence-corrected chi connectivity index (χ2v) is 3.75. The van der Waals surface area contributed by atoms with Gasteiger partial charge in [0.25, 0.3) is 0 Å². The molecule has 4 heteroatoms. The van der Waals surface area contributed by atoms with E-state index in [9.17, 15) is 0 Å². The van der Waals surface area contributed by atoms with Crippen LogP contribution in [0.15, 0.2) is 29.3 Å². The minimum Gasteiger partial charge on any atom is -0.486 e. The van der Waals surface area contributed by atoms with Crippen molar-refractivity contribution in [2.45, 2.75) is 6.54 Å². The summed E-state index contributed by atoms with van der Waals surface area (Å²) in [7, 11) is 0. The second kappa shape index (κ2) is 3.56. The van der Waals surface area contributed by atoms with Crippen LogP contribution in [0.2, 0.25) is 0 Å². The smallest absolute Gasteiger partial charge is 0.162 e. The molecule has 2 aliphatic rings. The molecule has 0 saturated carbocycles. The minimum absolute atomic E-state index is 0.562. The third-order valence-corrected chi connectivity index (χ3v) is 2.70. The van der Waals surface area contributed by atoms with Crippen molar-refractivity contribution in [2.75, 3.05) is 13.2 Å². The number of benzene rings is 1. The highest BCUT2D eigenvalue weighted by molar-refractivity contribution is 6.01. The highest BCUT2D eigenvalue weighted by Gasteiger charge is 2.18. The molecule has 16 heavy (non-hydrogen) atoms. The van der Waals surface area contributed by atoms with Gasteiger partial charge in [-0.25, -0.2) is 0 Å². The van der Waals surface area contributed by atoms with Gasteiger partial charge in [0, 0.05) is 5.56 Å². The fourth-order valence-electron chi connectivity index (χ4n) is 1.86. The summed E-state index contributed by atoms with van der Waals surface area (Å²) >= 11 is 0. The summed E-state index contributed by atoms with van der Waals surface area (Å²) in [6.07, 6.45) is 3.88. The predicted octanol–water partition coefficient (Wildman–Crippen LogP) is 1.23. The number of fused-ring (bicyclic) bond motifs is 2. The van der Waals surface area contributed by atoms with Crippen LogP contribution in [0.4, 0.5) is 0 Å². The highest BCUT2D eigenvalue weighted by atomic mass is 16.5. The number of aliphatic imine (C=N–C) groups is 1. The molecule has 0 spiro atoms. The third-order valence-electron chi connectivity index (χ3n) is 2.70. The van der Waals surface area contributed by atoms with Crippen molar-refractivity contribution in [3.05, 3.63) is 35.4 Å². The zero-order chi connectivity index (χ0) is 11.0. The van der Waals surface area contributed by atoms with E-state index >= 15 is 0 Å². The Kier molecular flexibility index (Phi) is 2.06. The first-order valence-electron chi connectivity index (χ1n) is 5.22. The minimum atomic E-state index is 0.562. The van der Waals surface area contributed by atoms with E-state index in [4.69, 9.17) is 15.2 Å². The molecular weight excluding hydrogens is 204 g/mol. The van der Waals surface area contributed by atoms with Crippen molar-refractivity contribution in [1.29, 1.82) is 0 Å². The summed E-state index contributed by atoms with van der Waals surface area (Å²) < 4.78 is 11.2. The molecule has 0 aliphatic carbocycles. The predicted molar refractivity (Wildman–Crippen MR) is 61.0 cm³/mol. The molecule has 0 saturated heterocycles. The molecule has 4 nitrogen and oxygen atoms in total. The standard InChI is InChI=1S/C12H12N2O2/c13-12-9-6-11-10(5-8(9)7-14-12)15-3-1-2-4-16-11/h1-2,5-6H,3-4,7H2,(H2,13,14). The van der Waals surface area contributed by atoms with Crippen LogP contribution >= 0.6 is 0 Å². The molecule has 0 radical (unpaired) electrons. The van der Waals surface area contributed by atoms with Crippen LogP contribution in [0.5, 0.6) is 11.5 Å². The number of amidine groups is 1. The van der Waals surface area contributed by atoms with Crippen LogP contribution in [0.25, 0.3) is 0 Å². The Balaban J connectivity index is 2.05. The van der Waals surface area contributed by atoms with Crippen molar-refractivity contribution < 1.29 is 9.47 Å². The van der Waals surface area contributed by atoms with Crippen LogP contribution in [0.3, 0.4) is 0 Å². The van der Waals surface area contributed by atoms with Gasteiger partial charge in [-0.05, 0) is 29.8 Å². The number of ether oxygens (including phenoxy) is 2. The lowest BCUT2D eigenvalue weighted by Gasteiger charge is -2.15. The molecule has 0 fully saturated rings. The van der Waals surface area contributed by atoms with Gasteiger partial charge in [-0.1, -0.05) is 0 Å². The largest absolute Gasteiger partial charge is 0.486 e. The van der Waals surface area contributed by atoms with Crippen molar-refractivity contribution in [3.63, 3.8) is 0 Å². The Bertz CT molecular complexity index is 492. The van der Waals surface area contributed by atoms with E-state index in [1.54, 1.807) is 0 Å². The molecular formula is C12H12N2O2. The number of nitrogens with two attached hydrogens (primary N) is 1. The van der Waals surface area contributed by atoms with Gasteiger partial charge in [0.2, 0.25) is 0 Å². The lowest BCUT2D eigenvalue weighted by molar-refractivity contribution is 0.296. The molecule has 2 aliphatic heterocycles. The van der Waals surface area contributed by atoms with Gasteiger partial charge in [0.15, 0.2) is 11.5 Å². The third kappa shape index (κ3) is 1.43. The first kappa shape index (κ1) is 9.27. The van der Waals surface area contributed by atoms with Crippen molar-refractivity contribution in [1.82, 2.24) is 0 Å². The Morgan fingerprint density at radius 1 is 1.06 bits per heavy atom. The van der Waals surface area contributed by atoms with Gasteiger partial charge in [-0.3, -0.25) is 4.99 Å². The summed E-state index contributed by atoms with van der Waals surface area (Å²) in [6, 6.07) is 3.88. The molecule has 82 valence electrons. The van der Waals surface area contributed by atoms with Gasteiger partial charge in [-0.2, -0.15) is 0 Å². The van der Waals surface area contributed by atoms with Gasteiger partial charge in [0.05, 0.1) is 6.54 Å². The van der Waals surface area contributed by atoms with Crippen LogP contribution in [-0.4, -0.2) is 19.0 Å². The molecule has 1 aromatic rings. The van der Waals surface area contributed by atoms with E-state index in [1.165, 1.54) is 0 Å². The van der Waals surface area contributed by atoms with E-state index in [-0.39, 0.29) is 0 Å². The Hall–Kier alpha value is -1.97. The summed E-state index contributed by atoms with van der Waals surface area (Å²) in [6.45, 7) is 1.77. The monoisotopic (exact) mass is 216 g/mol. The zero-order valence-electron chi connectivity index (χ0n) is 8.77. The van der Waals surface area contributed by atoms with Gasteiger partial charge in [-0.15, -0.1) is 0 Å². The second-order valence-electron chi connectivity index (χ2n) is 3.75. The van der Waals surface area contributed by atoms with E-state index < -0.39 is 0 Å². The number of hydrogen-bond acceptors (Lipinski definition) is 4.